The Morgan fingerprint density at radius 3 is 2.86 bits per heavy atom. The summed E-state index contributed by atoms with van der Waals surface area (Å²) in [6, 6.07) is 2.47. The molecule has 112 valence electrons. The van der Waals surface area contributed by atoms with E-state index in [-0.39, 0.29) is 24.4 Å². The number of carbonyl (C=O) groups excluding carboxylic acids is 3. The zero-order valence-electron chi connectivity index (χ0n) is 11.4. The normalized spacial score (nSPS) is 19.4. The molecule has 2 amide bonds. The molecule has 1 aromatic carbocycles. The van der Waals surface area contributed by atoms with Gasteiger partial charge in [0.1, 0.15) is 11.6 Å². The minimum Gasteiger partial charge on any atom is -0.507 e. The molecule has 1 aliphatic heterocycles. The van der Waals surface area contributed by atoms with Crippen molar-refractivity contribution in [1.82, 2.24) is 10.2 Å². The Morgan fingerprint density at radius 2 is 2.19 bits per heavy atom. The van der Waals surface area contributed by atoms with E-state index in [9.17, 15) is 23.9 Å². The van der Waals surface area contributed by atoms with Gasteiger partial charge in [-0.2, -0.15) is 0 Å². The van der Waals surface area contributed by atoms with Gasteiger partial charge in [-0.1, -0.05) is 6.92 Å². The number of aromatic hydroxyl groups is 1. The Bertz CT molecular complexity index is 603. The second-order valence-corrected chi connectivity index (χ2v) is 4.83. The van der Waals surface area contributed by atoms with Crippen molar-refractivity contribution in [2.45, 2.75) is 19.4 Å². The fourth-order valence-electron chi connectivity index (χ4n) is 2.33. The fraction of sp³-hybridized carbons (Fsp3) is 0.357. The lowest BCUT2D eigenvalue weighted by Gasteiger charge is -2.32. The van der Waals surface area contributed by atoms with Crippen LogP contribution in [0.25, 0.3) is 0 Å². The number of piperazine rings is 1. The molecule has 0 saturated carbocycles. The van der Waals surface area contributed by atoms with Gasteiger partial charge in [0.25, 0.3) is 0 Å². The molecule has 0 bridgehead atoms. The molecule has 1 saturated heterocycles. The zero-order valence-corrected chi connectivity index (χ0v) is 11.4. The van der Waals surface area contributed by atoms with Gasteiger partial charge in [-0.3, -0.25) is 24.6 Å². The van der Waals surface area contributed by atoms with Crippen LogP contribution in [-0.2, 0) is 9.59 Å². The van der Waals surface area contributed by atoms with Crippen LogP contribution in [-0.4, -0.2) is 46.7 Å². The van der Waals surface area contributed by atoms with Gasteiger partial charge in [-0.15, -0.1) is 0 Å². The number of hydrogen-bond donors (Lipinski definition) is 2. The van der Waals surface area contributed by atoms with Gasteiger partial charge in [0, 0.05) is 0 Å². The summed E-state index contributed by atoms with van der Waals surface area (Å²) in [7, 11) is 0. The van der Waals surface area contributed by atoms with Crippen molar-refractivity contribution in [2.24, 2.45) is 0 Å². The number of nitrogens with zero attached hydrogens (tertiary/aromatic N) is 1. The van der Waals surface area contributed by atoms with E-state index in [1.54, 1.807) is 6.92 Å². The van der Waals surface area contributed by atoms with E-state index in [1.807, 2.05) is 0 Å². The van der Waals surface area contributed by atoms with Crippen LogP contribution in [0.4, 0.5) is 4.39 Å². The molecule has 21 heavy (non-hydrogen) atoms. The van der Waals surface area contributed by atoms with Gasteiger partial charge in [0.2, 0.25) is 11.8 Å². The first-order valence-electron chi connectivity index (χ1n) is 6.51. The van der Waals surface area contributed by atoms with Crippen molar-refractivity contribution in [3.8, 4) is 5.75 Å². The number of Topliss-reactive ketones (excluding diaryl/α,β-unsaturated/α-hetero) is 1. The van der Waals surface area contributed by atoms with Crippen LogP contribution in [0, 0.1) is 5.82 Å². The SMILES string of the molecule is CCC1C(=O)NC(=O)CN1CC(=O)c1cc(F)ccc1O. The number of halogens is 1. The second kappa shape index (κ2) is 6.01. The Balaban J connectivity index is 2.19. The molecule has 1 aliphatic rings. The number of phenols is 1. The quantitative estimate of drug-likeness (QED) is 0.622. The van der Waals surface area contributed by atoms with Crippen LogP contribution in [0.1, 0.15) is 23.7 Å². The third-order valence-electron chi connectivity index (χ3n) is 3.35. The first-order valence-corrected chi connectivity index (χ1v) is 6.51. The molecular formula is C14H15FN2O4. The van der Waals surface area contributed by atoms with E-state index in [0.29, 0.717) is 6.42 Å². The van der Waals surface area contributed by atoms with Crippen LogP contribution in [0.3, 0.4) is 0 Å². The topological polar surface area (TPSA) is 86.7 Å². The van der Waals surface area contributed by atoms with Crippen LogP contribution >= 0.6 is 0 Å². The first-order chi connectivity index (χ1) is 9.92. The van der Waals surface area contributed by atoms with E-state index >= 15 is 0 Å². The minimum atomic E-state index is -0.643. The highest BCUT2D eigenvalue weighted by Crippen LogP contribution is 2.20. The monoisotopic (exact) mass is 294 g/mol. The maximum absolute atomic E-state index is 13.2. The lowest BCUT2D eigenvalue weighted by Crippen LogP contribution is -2.58. The second-order valence-electron chi connectivity index (χ2n) is 4.83. The molecule has 1 heterocycles. The number of benzene rings is 1. The van der Waals surface area contributed by atoms with Crippen LogP contribution in [0.2, 0.25) is 0 Å². The number of carbonyl (C=O) groups is 3. The predicted molar refractivity (Wildman–Crippen MR) is 71.2 cm³/mol. The number of rotatable bonds is 4. The molecule has 2 rings (SSSR count). The van der Waals surface area contributed by atoms with Crippen molar-refractivity contribution < 1.29 is 23.9 Å². The summed E-state index contributed by atoms with van der Waals surface area (Å²) in [6.07, 6.45) is 0.432. The zero-order chi connectivity index (χ0) is 15.6. The smallest absolute Gasteiger partial charge is 0.243 e. The summed E-state index contributed by atoms with van der Waals surface area (Å²) in [5.41, 5.74) is -0.164. The van der Waals surface area contributed by atoms with Gasteiger partial charge >= 0.3 is 0 Å². The summed E-state index contributed by atoms with van der Waals surface area (Å²) in [4.78, 5) is 36.7. The van der Waals surface area contributed by atoms with E-state index in [2.05, 4.69) is 5.32 Å². The van der Waals surface area contributed by atoms with Gasteiger partial charge in [0.15, 0.2) is 5.78 Å². The van der Waals surface area contributed by atoms with Crippen molar-refractivity contribution in [3.05, 3.63) is 29.6 Å². The largest absolute Gasteiger partial charge is 0.507 e. The molecule has 1 aromatic rings. The maximum Gasteiger partial charge on any atom is 0.243 e. The third-order valence-corrected chi connectivity index (χ3v) is 3.35. The fourth-order valence-corrected chi connectivity index (χ4v) is 2.33. The van der Waals surface area contributed by atoms with E-state index in [1.165, 1.54) is 4.90 Å². The van der Waals surface area contributed by atoms with Gasteiger partial charge in [-0.05, 0) is 24.6 Å². The van der Waals surface area contributed by atoms with Crippen molar-refractivity contribution in [2.75, 3.05) is 13.1 Å². The van der Waals surface area contributed by atoms with Crippen LogP contribution in [0.15, 0.2) is 18.2 Å². The number of amides is 2. The van der Waals surface area contributed by atoms with Crippen LogP contribution in [0.5, 0.6) is 5.75 Å². The van der Waals surface area contributed by atoms with Gasteiger partial charge in [-0.25, -0.2) is 4.39 Å². The maximum atomic E-state index is 13.2. The predicted octanol–water partition coefficient (Wildman–Crippen LogP) is 0.451. The Kier molecular flexibility index (Phi) is 4.32. The van der Waals surface area contributed by atoms with Crippen molar-refractivity contribution in [1.29, 1.82) is 0 Å². The number of imide groups is 1. The first kappa shape index (κ1) is 15.1. The number of nitrogens with one attached hydrogen (secondary N) is 1. The van der Waals surface area contributed by atoms with Crippen molar-refractivity contribution in [3.63, 3.8) is 0 Å². The highest BCUT2D eigenvalue weighted by molar-refractivity contribution is 6.03. The van der Waals surface area contributed by atoms with Crippen molar-refractivity contribution >= 4 is 17.6 Å². The molecule has 1 atom stereocenters. The molecule has 0 radical (unpaired) electrons. The van der Waals surface area contributed by atoms with E-state index in [4.69, 9.17) is 0 Å². The molecule has 1 fully saturated rings. The summed E-state index contributed by atoms with van der Waals surface area (Å²) < 4.78 is 13.2. The van der Waals surface area contributed by atoms with E-state index in [0.717, 1.165) is 18.2 Å². The molecule has 2 N–H and O–H groups in total. The number of hydrogen-bond acceptors (Lipinski definition) is 5. The number of ketones is 1. The van der Waals surface area contributed by atoms with Gasteiger partial charge < -0.3 is 5.11 Å². The molecule has 0 spiro atoms. The summed E-state index contributed by atoms with van der Waals surface area (Å²) in [5, 5.41) is 11.8. The minimum absolute atomic E-state index is 0.0912. The number of phenolic OH excluding ortho intramolecular Hbond substituents is 1. The summed E-state index contributed by atoms with van der Waals surface area (Å²) >= 11 is 0. The molecule has 0 aliphatic carbocycles. The average Bonchev–Trinajstić information content (AvgIpc) is 2.41. The third kappa shape index (κ3) is 3.25. The Labute approximate surface area is 120 Å². The molecule has 7 heteroatoms. The molecule has 6 nitrogen and oxygen atoms in total. The molecule has 1 unspecified atom stereocenters. The molecule has 0 aromatic heterocycles. The standard InChI is InChI=1S/C14H15FN2O4/c1-2-10-14(21)16-13(20)7-17(10)6-12(19)9-5-8(15)3-4-11(9)18/h3-5,10,18H,2,6-7H2,1H3,(H,16,20,21). The Hall–Kier alpha value is -2.28. The highest BCUT2D eigenvalue weighted by atomic mass is 19.1. The van der Waals surface area contributed by atoms with Crippen LogP contribution < -0.4 is 5.32 Å². The summed E-state index contributed by atoms with van der Waals surface area (Å²) in [5.74, 6) is -2.46. The Morgan fingerprint density at radius 1 is 1.48 bits per heavy atom. The highest BCUT2D eigenvalue weighted by Gasteiger charge is 2.33. The average molecular weight is 294 g/mol. The lowest BCUT2D eigenvalue weighted by molar-refractivity contribution is -0.139. The summed E-state index contributed by atoms with van der Waals surface area (Å²) in [6.45, 7) is 1.43. The van der Waals surface area contributed by atoms with E-state index < -0.39 is 29.5 Å². The van der Waals surface area contributed by atoms with Gasteiger partial charge in [0.05, 0.1) is 24.7 Å². The lowest BCUT2D eigenvalue weighted by atomic mass is 10.1. The molecular weight excluding hydrogens is 279 g/mol.